The van der Waals surface area contributed by atoms with E-state index in [2.05, 4.69) is 26.0 Å². The first-order valence-electron chi connectivity index (χ1n) is 4.97. The fourth-order valence-corrected chi connectivity index (χ4v) is 2.40. The number of aryl methyl sites for hydroxylation is 1. The number of alkyl carbamates (subject to hydrolysis) is 1. The SMILES string of the molecule is Cc1ccc([C@@H]2NC(=O)OCC2(F)F)c(Br)c1.Cl. The van der Waals surface area contributed by atoms with E-state index in [1.807, 2.05) is 6.92 Å². The van der Waals surface area contributed by atoms with Crippen LogP contribution < -0.4 is 5.32 Å². The second-order valence-electron chi connectivity index (χ2n) is 3.94. The lowest BCUT2D eigenvalue weighted by molar-refractivity contribution is -0.104. The highest BCUT2D eigenvalue weighted by Crippen LogP contribution is 2.37. The van der Waals surface area contributed by atoms with Gasteiger partial charge in [0.1, 0.15) is 6.04 Å². The molecule has 0 radical (unpaired) electrons. The molecule has 1 amide bonds. The minimum Gasteiger partial charge on any atom is -0.443 e. The largest absolute Gasteiger partial charge is 0.443 e. The summed E-state index contributed by atoms with van der Waals surface area (Å²) in [4.78, 5) is 11.0. The third kappa shape index (κ3) is 2.92. The van der Waals surface area contributed by atoms with Gasteiger partial charge in [-0.3, -0.25) is 0 Å². The second kappa shape index (κ2) is 5.40. The first kappa shape index (κ1) is 15.2. The number of ether oxygens (including phenoxy) is 1. The molecule has 1 aliphatic rings. The smallest absolute Gasteiger partial charge is 0.408 e. The predicted octanol–water partition coefficient (Wildman–Crippen LogP) is 3.60. The number of hydrogen-bond acceptors (Lipinski definition) is 2. The normalized spacial score (nSPS) is 21.6. The molecule has 18 heavy (non-hydrogen) atoms. The summed E-state index contributed by atoms with van der Waals surface area (Å²) in [5.41, 5.74) is 1.29. The lowest BCUT2D eigenvalue weighted by atomic mass is 9.99. The highest BCUT2D eigenvalue weighted by atomic mass is 79.9. The third-order valence-electron chi connectivity index (χ3n) is 2.55. The summed E-state index contributed by atoms with van der Waals surface area (Å²) < 4.78 is 32.1. The molecule has 100 valence electrons. The Bertz CT molecular complexity index is 470. The Kier molecular flexibility index (Phi) is 4.55. The average molecular weight is 343 g/mol. The Labute approximate surface area is 117 Å². The maximum absolute atomic E-state index is 13.6. The molecule has 0 aliphatic carbocycles. The summed E-state index contributed by atoms with van der Waals surface area (Å²) in [6.07, 6.45) is -0.826. The highest BCUT2D eigenvalue weighted by Gasteiger charge is 2.47. The molecule has 1 heterocycles. The van der Waals surface area contributed by atoms with Crippen molar-refractivity contribution in [3.63, 3.8) is 0 Å². The summed E-state index contributed by atoms with van der Waals surface area (Å²) >= 11 is 3.23. The van der Waals surface area contributed by atoms with Gasteiger partial charge >= 0.3 is 12.0 Å². The number of carbonyl (C=O) groups excluding carboxylic acids is 1. The Morgan fingerprint density at radius 3 is 2.78 bits per heavy atom. The number of alkyl halides is 2. The summed E-state index contributed by atoms with van der Waals surface area (Å²) in [6.45, 7) is 0.957. The molecular weight excluding hydrogens is 331 g/mol. The minimum atomic E-state index is -3.12. The van der Waals surface area contributed by atoms with Crippen LogP contribution >= 0.6 is 28.3 Å². The zero-order valence-electron chi connectivity index (χ0n) is 9.38. The van der Waals surface area contributed by atoms with Crippen LogP contribution in [0.5, 0.6) is 0 Å². The van der Waals surface area contributed by atoms with E-state index in [0.717, 1.165) is 5.56 Å². The molecule has 0 spiro atoms. The van der Waals surface area contributed by atoms with Gasteiger partial charge in [-0.15, -0.1) is 12.4 Å². The van der Waals surface area contributed by atoms with E-state index in [-0.39, 0.29) is 12.4 Å². The van der Waals surface area contributed by atoms with E-state index in [0.29, 0.717) is 10.0 Å². The van der Waals surface area contributed by atoms with Crippen LogP contribution in [0.2, 0.25) is 0 Å². The van der Waals surface area contributed by atoms with Gasteiger partial charge in [-0.05, 0) is 24.1 Å². The number of halogens is 4. The lowest BCUT2D eigenvalue weighted by Gasteiger charge is -2.32. The van der Waals surface area contributed by atoms with Crippen LogP contribution in [0.4, 0.5) is 13.6 Å². The van der Waals surface area contributed by atoms with Crippen molar-refractivity contribution in [2.24, 2.45) is 0 Å². The van der Waals surface area contributed by atoms with Gasteiger partial charge in [-0.2, -0.15) is 0 Å². The molecule has 1 fully saturated rings. The fraction of sp³-hybridized carbons (Fsp3) is 0.364. The van der Waals surface area contributed by atoms with Crippen molar-refractivity contribution < 1.29 is 18.3 Å². The van der Waals surface area contributed by atoms with Crippen LogP contribution in [0.3, 0.4) is 0 Å². The molecule has 0 aromatic heterocycles. The molecule has 1 saturated heterocycles. The van der Waals surface area contributed by atoms with Gasteiger partial charge in [0.25, 0.3) is 0 Å². The number of rotatable bonds is 1. The van der Waals surface area contributed by atoms with E-state index in [1.54, 1.807) is 18.2 Å². The monoisotopic (exact) mass is 341 g/mol. The number of hydrogen-bond donors (Lipinski definition) is 1. The molecule has 0 bridgehead atoms. The summed E-state index contributed by atoms with van der Waals surface area (Å²) in [7, 11) is 0. The predicted molar refractivity (Wildman–Crippen MR) is 68.3 cm³/mol. The average Bonchev–Trinajstić information content (AvgIpc) is 2.23. The molecular formula is C11H11BrClF2NO2. The van der Waals surface area contributed by atoms with Crippen LogP contribution in [0.15, 0.2) is 22.7 Å². The molecule has 1 N–H and O–H groups in total. The maximum Gasteiger partial charge on any atom is 0.408 e. The van der Waals surface area contributed by atoms with Crippen LogP contribution in [0.1, 0.15) is 17.2 Å². The molecule has 3 nitrogen and oxygen atoms in total. The highest BCUT2D eigenvalue weighted by molar-refractivity contribution is 9.10. The zero-order valence-corrected chi connectivity index (χ0v) is 11.8. The van der Waals surface area contributed by atoms with Crippen LogP contribution in [0.25, 0.3) is 0 Å². The molecule has 1 aromatic rings. The number of benzene rings is 1. The fourth-order valence-electron chi connectivity index (χ4n) is 1.68. The molecule has 1 aliphatic heterocycles. The number of cyclic esters (lactones) is 1. The van der Waals surface area contributed by atoms with Crippen LogP contribution in [0, 0.1) is 6.92 Å². The number of carbonyl (C=O) groups is 1. The summed E-state index contributed by atoms with van der Waals surface area (Å²) in [5, 5.41) is 2.14. The van der Waals surface area contributed by atoms with Gasteiger partial charge in [-0.1, -0.05) is 28.1 Å². The van der Waals surface area contributed by atoms with Gasteiger partial charge in [-0.25, -0.2) is 13.6 Å². The van der Waals surface area contributed by atoms with E-state index in [4.69, 9.17) is 0 Å². The van der Waals surface area contributed by atoms with Crippen LogP contribution in [-0.2, 0) is 4.74 Å². The Morgan fingerprint density at radius 2 is 2.17 bits per heavy atom. The lowest BCUT2D eigenvalue weighted by Crippen LogP contribution is -2.49. The van der Waals surface area contributed by atoms with Crippen molar-refractivity contribution in [1.82, 2.24) is 5.32 Å². The number of amides is 1. The molecule has 0 unspecified atom stereocenters. The second-order valence-corrected chi connectivity index (χ2v) is 4.79. The molecule has 0 saturated carbocycles. The van der Waals surface area contributed by atoms with Crippen molar-refractivity contribution in [3.8, 4) is 0 Å². The van der Waals surface area contributed by atoms with E-state index in [1.165, 1.54) is 0 Å². The summed E-state index contributed by atoms with van der Waals surface area (Å²) in [6, 6.07) is 3.66. The van der Waals surface area contributed by atoms with E-state index in [9.17, 15) is 13.6 Å². The molecule has 2 rings (SSSR count). The maximum atomic E-state index is 13.6. The van der Waals surface area contributed by atoms with Gasteiger partial charge in [0.05, 0.1) is 0 Å². The minimum absolute atomic E-state index is 0. The standard InChI is InChI=1S/C11H10BrF2NO2.ClH/c1-6-2-3-7(8(12)4-6)9-11(13,14)5-17-10(16)15-9;/h2-4,9H,5H2,1H3,(H,15,16);1H/t9-;/m0./s1. The van der Waals surface area contributed by atoms with E-state index >= 15 is 0 Å². The summed E-state index contributed by atoms with van der Waals surface area (Å²) in [5.74, 6) is -3.12. The van der Waals surface area contributed by atoms with Crippen molar-refractivity contribution in [2.45, 2.75) is 18.9 Å². The van der Waals surface area contributed by atoms with Gasteiger partial charge in [0, 0.05) is 4.47 Å². The Morgan fingerprint density at radius 1 is 1.50 bits per heavy atom. The first-order valence-corrected chi connectivity index (χ1v) is 5.76. The zero-order chi connectivity index (χ0) is 12.6. The van der Waals surface area contributed by atoms with Crippen molar-refractivity contribution in [1.29, 1.82) is 0 Å². The van der Waals surface area contributed by atoms with Gasteiger partial charge in [0.15, 0.2) is 6.61 Å². The molecule has 1 aromatic carbocycles. The Balaban J connectivity index is 0.00000162. The molecule has 1 atom stereocenters. The van der Waals surface area contributed by atoms with Crippen molar-refractivity contribution in [3.05, 3.63) is 33.8 Å². The van der Waals surface area contributed by atoms with Crippen molar-refractivity contribution in [2.75, 3.05) is 6.61 Å². The van der Waals surface area contributed by atoms with E-state index < -0.39 is 24.7 Å². The third-order valence-corrected chi connectivity index (χ3v) is 3.23. The Hall–Kier alpha value is -0.880. The van der Waals surface area contributed by atoms with Crippen LogP contribution in [-0.4, -0.2) is 18.6 Å². The van der Waals surface area contributed by atoms with Crippen molar-refractivity contribution >= 4 is 34.4 Å². The topological polar surface area (TPSA) is 38.3 Å². The van der Waals surface area contributed by atoms with Gasteiger partial charge in [0.2, 0.25) is 0 Å². The molecule has 7 heteroatoms. The van der Waals surface area contributed by atoms with Gasteiger partial charge < -0.3 is 10.1 Å². The quantitative estimate of drug-likeness (QED) is 0.847. The first-order chi connectivity index (χ1) is 7.90. The number of nitrogens with one attached hydrogen (secondary N) is 1.